The largest absolute Gasteiger partial charge is 0.493 e. The Morgan fingerprint density at radius 1 is 1.29 bits per heavy atom. The van der Waals surface area contributed by atoms with E-state index in [0.29, 0.717) is 23.1 Å². The van der Waals surface area contributed by atoms with E-state index in [9.17, 15) is 4.79 Å². The van der Waals surface area contributed by atoms with Crippen LogP contribution in [0.5, 0.6) is 5.75 Å². The Labute approximate surface area is 128 Å². The standard InChI is InChI=1S/C16H17ClN2O2/c1-11-9-12(17)5-6-15(11)19-16(20)7-8-21-14-4-2-3-13(18)10-14/h2-6,9-10H,7-8,18H2,1H3,(H,19,20). The maximum atomic E-state index is 11.9. The lowest BCUT2D eigenvalue weighted by Gasteiger charge is -2.10. The third-order valence-electron chi connectivity index (χ3n) is 2.92. The van der Waals surface area contributed by atoms with Crippen LogP contribution < -0.4 is 15.8 Å². The molecule has 0 aliphatic carbocycles. The van der Waals surface area contributed by atoms with Crippen molar-refractivity contribution in [1.82, 2.24) is 0 Å². The molecule has 1 amide bonds. The van der Waals surface area contributed by atoms with Gasteiger partial charge in [0, 0.05) is 22.5 Å². The molecule has 0 saturated heterocycles. The van der Waals surface area contributed by atoms with E-state index in [0.717, 1.165) is 11.3 Å². The van der Waals surface area contributed by atoms with E-state index in [1.165, 1.54) is 0 Å². The van der Waals surface area contributed by atoms with Crippen molar-refractivity contribution in [2.24, 2.45) is 0 Å². The smallest absolute Gasteiger partial charge is 0.227 e. The van der Waals surface area contributed by atoms with Gasteiger partial charge in [0.25, 0.3) is 0 Å². The zero-order chi connectivity index (χ0) is 15.2. The van der Waals surface area contributed by atoms with Gasteiger partial charge in [-0.1, -0.05) is 17.7 Å². The predicted molar refractivity (Wildman–Crippen MR) is 85.8 cm³/mol. The molecule has 0 saturated carbocycles. The second kappa shape index (κ2) is 6.99. The maximum Gasteiger partial charge on any atom is 0.227 e. The molecule has 3 N–H and O–H groups in total. The number of benzene rings is 2. The number of hydrogen-bond donors (Lipinski definition) is 2. The number of nitrogens with two attached hydrogens (primary N) is 1. The number of aryl methyl sites for hydroxylation is 1. The molecule has 2 aromatic rings. The van der Waals surface area contributed by atoms with Crippen LogP contribution in [0.2, 0.25) is 5.02 Å². The van der Waals surface area contributed by atoms with Crippen LogP contribution in [0.25, 0.3) is 0 Å². The molecule has 21 heavy (non-hydrogen) atoms. The number of nitrogens with one attached hydrogen (secondary N) is 1. The van der Waals surface area contributed by atoms with Crippen molar-refractivity contribution in [3.05, 3.63) is 53.1 Å². The summed E-state index contributed by atoms with van der Waals surface area (Å²) < 4.78 is 5.48. The fourth-order valence-corrected chi connectivity index (χ4v) is 2.07. The SMILES string of the molecule is Cc1cc(Cl)ccc1NC(=O)CCOc1cccc(N)c1. The molecule has 2 aromatic carbocycles. The minimum atomic E-state index is -0.107. The van der Waals surface area contributed by atoms with Crippen molar-refractivity contribution in [3.8, 4) is 5.75 Å². The monoisotopic (exact) mass is 304 g/mol. The molecule has 5 heteroatoms. The molecule has 0 radical (unpaired) electrons. The Balaban J connectivity index is 1.82. The van der Waals surface area contributed by atoms with Crippen molar-refractivity contribution < 1.29 is 9.53 Å². The molecular formula is C16H17ClN2O2. The minimum absolute atomic E-state index is 0.107. The second-order valence-electron chi connectivity index (χ2n) is 4.68. The summed E-state index contributed by atoms with van der Waals surface area (Å²) >= 11 is 5.87. The second-order valence-corrected chi connectivity index (χ2v) is 5.11. The average Bonchev–Trinajstić information content (AvgIpc) is 2.42. The summed E-state index contributed by atoms with van der Waals surface area (Å²) in [5.74, 6) is 0.551. The molecule has 4 nitrogen and oxygen atoms in total. The third kappa shape index (κ3) is 4.68. The lowest BCUT2D eigenvalue weighted by molar-refractivity contribution is -0.116. The first-order valence-corrected chi connectivity index (χ1v) is 6.97. The van der Waals surface area contributed by atoms with Gasteiger partial charge in [-0.2, -0.15) is 0 Å². The molecule has 2 rings (SSSR count). The summed E-state index contributed by atoms with van der Waals surface area (Å²) in [7, 11) is 0. The summed E-state index contributed by atoms with van der Waals surface area (Å²) in [5.41, 5.74) is 7.97. The maximum absolute atomic E-state index is 11.9. The number of hydrogen-bond acceptors (Lipinski definition) is 3. The highest BCUT2D eigenvalue weighted by Crippen LogP contribution is 2.20. The van der Waals surface area contributed by atoms with Crippen LogP contribution >= 0.6 is 11.6 Å². The van der Waals surface area contributed by atoms with Gasteiger partial charge in [-0.3, -0.25) is 4.79 Å². The number of amides is 1. The molecule has 0 bridgehead atoms. The molecule has 0 heterocycles. The van der Waals surface area contributed by atoms with Crippen molar-refractivity contribution in [3.63, 3.8) is 0 Å². The van der Waals surface area contributed by atoms with Gasteiger partial charge in [0.1, 0.15) is 5.75 Å². The highest BCUT2D eigenvalue weighted by molar-refractivity contribution is 6.30. The highest BCUT2D eigenvalue weighted by atomic mass is 35.5. The molecule has 0 spiro atoms. The van der Waals surface area contributed by atoms with Gasteiger partial charge in [0.2, 0.25) is 5.91 Å². The van der Waals surface area contributed by atoms with E-state index in [2.05, 4.69) is 5.32 Å². The van der Waals surface area contributed by atoms with Crippen LogP contribution in [0, 0.1) is 6.92 Å². The van der Waals surface area contributed by atoms with E-state index in [-0.39, 0.29) is 12.3 Å². The number of anilines is 2. The molecule has 0 aliphatic rings. The van der Waals surface area contributed by atoms with Crippen molar-refractivity contribution in [1.29, 1.82) is 0 Å². The number of carbonyl (C=O) groups is 1. The zero-order valence-corrected chi connectivity index (χ0v) is 12.5. The molecule has 0 fully saturated rings. The summed E-state index contributed by atoms with van der Waals surface area (Å²) in [6, 6.07) is 12.5. The van der Waals surface area contributed by atoms with Crippen molar-refractivity contribution in [2.45, 2.75) is 13.3 Å². The molecule has 0 atom stereocenters. The normalized spacial score (nSPS) is 10.2. The Morgan fingerprint density at radius 3 is 2.81 bits per heavy atom. The van der Waals surface area contributed by atoms with Crippen molar-refractivity contribution in [2.75, 3.05) is 17.7 Å². The molecule has 0 aliphatic heterocycles. The Morgan fingerprint density at radius 2 is 2.10 bits per heavy atom. The average molecular weight is 305 g/mol. The number of nitrogen functional groups attached to an aromatic ring is 1. The number of rotatable bonds is 5. The van der Waals surface area contributed by atoms with Gasteiger partial charge >= 0.3 is 0 Å². The zero-order valence-electron chi connectivity index (χ0n) is 11.7. The van der Waals surface area contributed by atoms with Gasteiger partial charge in [0.15, 0.2) is 0 Å². The number of carbonyl (C=O) groups excluding carboxylic acids is 1. The first kappa shape index (κ1) is 15.2. The van der Waals surface area contributed by atoms with Gasteiger partial charge in [0.05, 0.1) is 13.0 Å². The van der Waals surface area contributed by atoms with E-state index >= 15 is 0 Å². The lowest BCUT2D eigenvalue weighted by Crippen LogP contribution is -2.15. The minimum Gasteiger partial charge on any atom is -0.493 e. The van der Waals surface area contributed by atoms with Crippen LogP contribution in [0.3, 0.4) is 0 Å². The van der Waals surface area contributed by atoms with Crippen molar-refractivity contribution >= 4 is 28.9 Å². The Bertz CT molecular complexity index is 644. The number of halogens is 1. The quantitative estimate of drug-likeness (QED) is 0.829. The van der Waals surface area contributed by atoms with Gasteiger partial charge in [-0.05, 0) is 42.8 Å². The summed E-state index contributed by atoms with van der Waals surface area (Å²) in [5, 5.41) is 3.48. The third-order valence-corrected chi connectivity index (χ3v) is 3.15. The molecule has 0 aromatic heterocycles. The first-order valence-electron chi connectivity index (χ1n) is 6.59. The topological polar surface area (TPSA) is 64.3 Å². The fraction of sp³-hybridized carbons (Fsp3) is 0.188. The van der Waals surface area contributed by atoms with Crippen LogP contribution in [0.15, 0.2) is 42.5 Å². The van der Waals surface area contributed by atoms with Gasteiger partial charge in [-0.25, -0.2) is 0 Å². The first-order chi connectivity index (χ1) is 10.0. The van der Waals surface area contributed by atoms with Crippen LogP contribution in [-0.4, -0.2) is 12.5 Å². The Hall–Kier alpha value is -2.20. The fourth-order valence-electron chi connectivity index (χ4n) is 1.85. The van der Waals surface area contributed by atoms with E-state index in [4.69, 9.17) is 22.1 Å². The van der Waals surface area contributed by atoms with Crippen LogP contribution in [-0.2, 0) is 4.79 Å². The van der Waals surface area contributed by atoms with Crippen LogP contribution in [0.1, 0.15) is 12.0 Å². The van der Waals surface area contributed by atoms with E-state index in [1.54, 1.807) is 36.4 Å². The predicted octanol–water partition coefficient (Wildman–Crippen LogP) is 3.64. The highest BCUT2D eigenvalue weighted by Gasteiger charge is 2.05. The Kier molecular flexibility index (Phi) is 5.06. The summed E-state index contributed by atoms with van der Waals surface area (Å²) in [4.78, 5) is 11.9. The number of ether oxygens (including phenoxy) is 1. The summed E-state index contributed by atoms with van der Waals surface area (Å²) in [6.45, 7) is 2.19. The van der Waals surface area contributed by atoms with E-state index in [1.807, 2.05) is 13.0 Å². The molecule has 110 valence electrons. The van der Waals surface area contributed by atoms with Crippen LogP contribution in [0.4, 0.5) is 11.4 Å². The van der Waals surface area contributed by atoms with E-state index < -0.39 is 0 Å². The summed E-state index contributed by atoms with van der Waals surface area (Å²) in [6.07, 6.45) is 0.261. The van der Waals surface area contributed by atoms with Gasteiger partial charge in [-0.15, -0.1) is 0 Å². The van der Waals surface area contributed by atoms with Gasteiger partial charge < -0.3 is 15.8 Å². The molecular weight excluding hydrogens is 288 g/mol. The lowest BCUT2D eigenvalue weighted by atomic mass is 10.2. The molecule has 0 unspecified atom stereocenters.